The standard InChI is InChI=1S/C8H18O7S2.Na.H/c9-16(10,11)7-3-1-5-15-6-2-4-8-17(12,13)14;;/h1-8H2,(H,9,10,11)(H,12,13,14);;/q;+1;-1. The first-order valence-electron chi connectivity index (χ1n) is 5.19. The van der Waals surface area contributed by atoms with Crippen molar-refractivity contribution in [1.29, 1.82) is 0 Å². The van der Waals surface area contributed by atoms with E-state index in [2.05, 4.69) is 0 Å². The van der Waals surface area contributed by atoms with Gasteiger partial charge < -0.3 is 6.16 Å². The summed E-state index contributed by atoms with van der Waals surface area (Å²) in [5, 5.41) is 0. The van der Waals surface area contributed by atoms with Crippen LogP contribution in [0.2, 0.25) is 0 Å². The Bertz CT molecular complexity index is 357. The molecule has 0 aromatic rings. The van der Waals surface area contributed by atoms with Crippen molar-refractivity contribution in [2.75, 3.05) is 24.7 Å². The van der Waals surface area contributed by atoms with Crippen LogP contribution < -0.4 is 29.6 Å². The van der Waals surface area contributed by atoms with E-state index in [4.69, 9.17) is 13.8 Å². The summed E-state index contributed by atoms with van der Waals surface area (Å²) < 4.78 is 63.3. The Labute approximate surface area is 132 Å². The minimum absolute atomic E-state index is 0. The molecule has 2 N–H and O–H groups in total. The van der Waals surface area contributed by atoms with E-state index in [0.29, 0.717) is 38.9 Å². The number of rotatable bonds is 10. The molecule has 0 heterocycles. The van der Waals surface area contributed by atoms with Gasteiger partial charge in [-0.15, -0.1) is 0 Å². The van der Waals surface area contributed by atoms with Gasteiger partial charge in [-0.05, 0) is 25.7 Å². The SMILES string of the molecule is O=S(=O)(O)CCCCOCCCCS(=O)(=O)O.[H-].[Na+]. The van der Waals surface area contributed by atoms with Gasteiger partial charge in [0, 0.05) is 13.2 Å². The average molecular weight is 314 g/mol. The fraction of sp³-hybridized carbons (Fsp3) is 1.00. The van der Waals surface area contributed by atoms with Crippen LogP contribution in [0, 0.1) is 0 Å². The molecule has 18 heavy (non-hydrogen) atoms. The van der Waals surface area contributed by atoms with Crippen molar-refractivity contribution in [3.05, 3.63) is 0 Å². The number of unbranched alkanes of at least 4 members (excludes halogenated alkanes) is 2. The second kappa shape index (κ2) is 10.6. The van der Waals surface area contributed by atoms with E-state index < -0.39 is 20.2 Å². The molecule has 0 fully saturated rings. The third-order valence-electron chi connectivity index (χ3n) is 1.88. The summed E-state index contributed by atoms with van der Waals surface area (Å²) in [6.07, 6.45) is 1.67. The van der Waals surface area contributed by atoms with Crippen LogP contribution in [-0.4, -0.2) is 50.7 Å². The number of ether oxygens (including phenoxy) is 1. The van der Waals surface area contributed by atoms with Crippen LogP contribution in [0.4, 0.5) is 0 Å². The molecule has 106 valence electrons. The normalized spacial score (nSPS) is 12.1. The van der Waals surface area contributed by atoms with Gasteiger partial charge in [0.1, 0.15) is 0 Å². The summed E-state index contributed by atoms with van der Waals surface area (Å²) in [6, 6.07) is 0. The zero-order chi connectivity index (χ0) is 13.4. The molecule has 0 aliphatic rings. The minimum Gasteiger partial charge on any atom is -1.00 e. The van der Waals surface area contributed by atoms with Crippen LogP contribution in [0.5, 0.6) is 0 Å². The maximum absolute atomic E-state index is 10.3. The van der Waals surface area contributed by atoms with Crippen molar-refractivity contribution in [2.24, 2.45) is 0 Å². The molecule has 0 saturated heterocycles. The topological polar surface area (TPSA) is 118 Å². The van der Waals surface area contributed by atoms with Gasteiger partial charge in [0.15, 0.2) is 0 Å². The molecule has 0 aliphatic carbocycles. The van der Waals surface area contributed by atoms with Gasteiger partial charge in [0.25, 0.3) is 20.2 Å². The predicted octanol–water partition coefficient (Wildman–Crippen LogP) is -2.54. The molecule has 0 bridgehead atoms. The molecule has 0 radical (unpaired) electrons. The fourth-order valence-electron chi connectivity index (χ4n) is 1.08. The first kappa shape index (κ1) is 21.1. The Balaban J connectivity index is -0.00000128. The van der Waals surface area contributed by atoms with E-state index in [1.807, 2.05) is 0 Å². The molecule has 0 aromatic carbocycles. The van der Waals surface area contributed by atoms with Crippen LogP contribution in [0.3, 0.4) is 0 Å². The van der Waals surface area contributed by atoms with Gasteiger partial charge >= 0.3 is 29.6 Å². The molecule has 0 amide bonds. The van der Waals surface area contributed by atoms with Gasteiger partial charge in [-0.1, -0.05) is 0 Å². The van der Waals surface area contributed by atoms with E-state index in [1.165, 1.54) is 0 Å². The summed E-state index contributed by atoms with van der Waals surface area (Å²) in [6.45, 7) is 0.725. The zero-order valence-corrected chi connectivity index (χ0v) is 14.0. The Morgan fingerprint density at radius 3 is 1.39 bits per heavy atom. The van der Waals surface area contributed by atoms with E-state index in [0.717, 1.165) is 0 Å². The summed E-state index contributed by atoms with van der Waals surface area (Å²) in [5.41, 5.74) is 0. The molecule has 7 nitrogen and oxygen atoms in total. The Morgan fingerprint density at radius 2 is 1.11 bits per heavy atom. The van der Waals surface area contributed by atoms with Crippen LogP contribution in [0.15, 0.2) is 0 Å². The van der Waals surface area contributed by atoms with Gasteiger partial charge in [0.05, 0.1) is 11.5 Å². The molecule has 0 aliphatic heterocycles. The average Bonchev–Trinajstić information content (AvgIpc) is 2.11. The van der Waals surface area contributed by atoms with E-state index in [1.54, 1.807) is 0 Å². The summed E-state index contributed by atoms with van der Waals surface area (Å²) in [7, 11) is -7.78. The van der Waals surface area contributed by atoms with Gasteiger partial charge in [-0.25, -0.2) is 0 Å². The van der Waals surface area contributed by atoms with Crippen LogP contribution in [0.1, 0.15) is 27.1 Å². The first-order chi connectivity index (χ1) is 7.71. The van der Waals surface area contributed by atoms with Crippen molar-refractivity contribution >= 4 is 20.2 Å². The molecule has 0 spiro atoms. The van der Waals surface area contributed by atoms with E-state index in [9.17, 15) is 16.8 Å². The van der Waals surface area contributed by atoms with Crippen molar-refractivity contribution in [3.63, 3.8) is 0 Å². The molecular formula is C8H19NaO7S2. The minimum atomic E-state index is -3.89. The molecule has 0 saturated carbocycles. The fourth-order valence-corrected chi connectivity index (χ4v) is 2.22. The smallest absolute Gasteiger partial charge is 1.00 e. The van der Waals surface area contributed by atoms with Crippen LogP contribution >= 0.6 is 0 Å². The molecule has 0 unspecified atom stereocenters. The third kappa shape index (κ3) is 19.1. The zero-order valence-electron chi connectivity index (χ0n) is 11.4. The quantitative estimate of drug-likeness (QED) is 0.259. The van der Waals surface area contributed by atoms with Crippen molar-refractivity contribution < 1.29 is 61.7 Å². The van der Waals surface area contributed by atoms with Gasteiger partial charge in [0.2, 0.25) is 0 Å². The van der Waals surface area contributed by atoms with Crippen molar-refractivity contribution in [3.8, 4) is 0 Å². The molecular weight excluding hydrogens is 295 g/mol. The van der Waals surface area contributed by atoms with Gasteiger partial charge in [-0.3, -0.25) is 9.11 Å². The Hall–Kier alpha value is 0.780. The number of hydrogen-bond donors (Lipinski definition) is 2. The van der Waals surface area contributed by atoms with E-state index in [-0.39, 0.29) is 42.5 Å². The maximum atomic E-state index is 10.3. The van der Waals surface area contributed by atoms with Crippen molar-refractivity contribution in [1.82, 2.24) is 0 Å². The summed E-state index contributed by atoms with van der Waals surface area (Å²) in [4.78, 5) is 0. The van der Waals surface area contributed by atoms with Gasteiger partial charge in [-0.2, -0.15) is 16.8 Å². The monoisotopic (exact) mass is 314 g/mol. The Kier molecular flexibility index (Phi) is 12.4. The summed E-state index contributed by atoms with van der Waals surface area (Å²) in [5.74, 6) is -0.557. The molecule has 0 rings (SSSR count). The largest absolute Gasteiger partial charge is 1.00 e. The maximum Gasteiger partial charge on any atom is 1.00 e. The Morgan fingerprint density at radius 1 is 0.778 bits per heavy atom. The second-order valence-corrected chi connectivity index (χ2v) is 6.74. The predicted molar refractivity (Wildman–Crippen MR) is 63.2 cm³/mol. The molecule has 0 atom stereocenters. The third-order valence-corrected chi connectivity index (χ3v) is 3.49. The number of hydrogen-bond acceptors (Lipinski definition) is 5. The molecule has 0 aromatic heterocycles. The van der Waals surface area contributed by atoms with Crippen LogP contribution in [-0.2, 0) is 25.0 Å². The molecule has 10 heteroatoms. The van der Waals surface area contributed by atoms with Crippen molar-refractivity contribution in [2.45, 2.75) is 25.7 Å². The second-order valence-electron chi connectivity index (χ2n) is 3.60. The van der Waals surface area contributed by atoms with E-state index >= 15 is 0 Å². The van der Waals surface area contributed by atoms with Crippen LogP contribution in [0.25, 0.3) is 0 Å². The summed E-state index contributed by atoms with van der Waals surface area (Å²) >= 11 is 0. The first-order valence-corrected chi connectivity index (χ1v) is 8.40.